The van der Waals surface area contributed by atoms with E-state index < -0.39 is 5.97 Å². The summed E-state index contributed by atoms with van der Waals surface area (Å²) in [6, 6.07) is 21.8. The molecule has 0 aliphatic rings. The number of rotatable bonds is 17. The molecule has 0 fully saturated rings. The van der Waals surface area contributed by atoms with E-state index in [4.69, 9.17) is 4.74 Å². The Morgan fingerprint density at radius 2 is 1.22 bits per heavy atom. The van der Waals surface area contributed by atoms with Gasteiger partial charge in [-0.1, -0.05) is 120 Å². The highest BCUT2D eigenvalue weighted by Gasteiger charge is 2.10. The highest BCUT2D eigenvalue weighted by Crippen LogP contribution is 2.31. The Bertz CT molecular complexity index is 1070. The van der Waals surface area contributed by atoms with Gasteiger partial charge in [-0.2, -0.15) is 0 Å². The molecule has 198 valence electrons. The predicted molar refractivity (Wildman–Crippen MR) is 153 cm³/mol. The predicted octanol–water partition coefficient (Wildman–Crippen LogP) is 8.64. The molecule has 3 aromatic carbocycles. The van der Waals surface area contributed by atoms with Crippen molar-refractivity contribution in [2.45, 2.75) is 90.9 Å². The van der Waals surface area contributed by atoms with Crippen LogP contribution in [0, 0.1) is 0 Å². The van der Waals surface area contributed by atoms with E-state index in [-0.39, 0.29) is 5.56 Å². The smallest absolute Gasteiger partial charge is 0.119 e. The van der Waals surface area contributed by atoms with E-state index in [0.717, 1.165) is 41.9 Å². The van der Waals surface area contributed by atoms with E-state index in [0.29, 0.717) is 5.56 Å². The quantitative estimate of drug-likeness (QED) is 0.175. The van der Waals surface area contributed by atoms with Gasteiger partial charge in [-0.3, -0.25) is 0 Å². The molecule has 0 radical (unpaired) electrons. The summed E-state index contributed by atoms with van der Waals surface area (Å²) in [7, 11) is 0. The van der Waals surface area contributed by atoms with Crippen LogP contribution in [0.3, 0.4) is 0 Å². The maximum atomic E-state index is 11.9. The molecule has 0 aliphatic heterocycles. The number of ether oxygens (including phenoxy) is 1. The number of aryl methyl sites for hydroxylation is 1. The van der Waals surface area contributed by atoms with Crippen LogP contribution in [0.4, 0.5) is 0 Å². The lowest BCUT2D eigenvalue weighted by molar-refractivity contribution is -0.254. The molecule has 0 N–H and O–H groups in total. The lowest BCUT2D eigenvalue weighted by atomic mass is 9.93. The minimum atomic E-state index is -1.15. The highest BCUT2D eigenvalue weighted by atomic mass is 16.5. The molecule has 3 heteroatoms. The van der Waals surface area contributed by atoms with E-state index >= 15 is 0 Å². The Morgan fingerprint density at radius 3 is 1.86 bits per heavy atom. The number of benzene rings is 3. The first-order chi connectivity index (χ1) is 18.1. The molecule has 37 heavy (non-hydrogen) atoms. The molecule has 0 amide bonds. The van der Waals surface area contributed by atoms with Crippen LogP contribution in [-0.2, 0) is 6.42 Å². The van der Waals surface area contributed by atoms with Crippen LogP contribution in [0.15, 0.2) is 66.7 Å². The monoisotopic (exact) mass is 499 g/mol. The van der Waals surface area contributed by atoms with Crippen LogP contribution < -0.4 is 9.84 Å². The first kappa shape index (κ1) is 28.5. The number of hydrogen-bond donors (Lipinski definition) is 0. The van der Waals surface area contributed by atoms with Crippen molar-refractivity contribution in [1.29, 1.82) is 0 Å². The second-order valence-electron chi connectivity index (χ2n) is 10.0. The largest absolute Gasteiger partial charge is 0.545 e. The van der Waals surface area contributed by atoms with Gasteiger partial charge in [0.25, 0.3) is 0 Å². The zero-order chi connectivity index (χ0) is 26.3. The third-order valence-corrected chi connectivity index (χ3v) is 7.03. The normalized spacial score (nSPS) is 11.0. The van der Waals surface area contributed by atoms with Crippen molar-refractivity contribution in [3.05, 3.63) is 77.9 Å². The lowest BCUT2D eigenvalue weighted by Gasteiger charge is -2.14. The van der Waals surface area contributed by atoms with E-state index in [1.807, 2.05) is 48.5 Å². The van der Waals surface area contributed by atoms with Crippen LogP contribution in [0.2, 0.25) is 0 Å². The minimum Gasteiger partial charge on any atom is -0.545 e. The van der Waals surface area contributed by atoms with Gasteiger partial charge in [0.1, 0.15) is 5.75 Å². The number of carboxylic acid groups (broad SMARTS) is 1. The Hall–Kier alpha value is -3.07. The summed E-state index contributed by atoms with van der Waals surface area (Å²) in [6.07, 6.45) is 14.8. The van der Waals surface area contributed by atoms with E-state index in [1.165, 1.54) is 69.8 Å². The first-order valence-corrected chi connectivity index (χ1v) is 14.3. The molecule has 0 unspecified atom stereocenters. The molecule has 0 aromatic heterocycles. The maximum absolute atomic E-state index is 11.9. The SMILES string of the molecule is CCCCCCCCOc1ccc(-c2ccc(C(=O)[O-])c(-c3ccc(CCCCCCC)cc3)c2)cc1. The topological polar surface area (TPSA) is 49.4 Å². The minimum absolute atomic E-state index is 0.218. The molecule has 0 atom stereocenters. The van der Waals surface area contributed by atoms with Gasteiger partial charge in [-0.25, -0.2) is 0 Å². The molecular weight excluding hydrogens is 456 g/mol. The first-order valence-electron chi connectivity index (χ1n) is 14.3. The summed E-state index contributed by atoms with van der Waals surface area (Å²) in [5, 5.41) is 11.9. The van der Waals surface area contributed by atoms with Crippen molar-refractivity contribution in [3.8, 4) is 28.0 Å². The number of carbonyl (C=O) groups excluding carboxylic acids is 1. The van der Waals surface area contributed by atoms with Gasteiger partial charge in [-0.15, -0.1) is 0 Å². The van der Waals surface area contributed by atoms with Crippen molar-refractivity contribution in [1.82, 2.24) is 0 Å². The summed E-state index contributed by atoms with van der Waals surface area (Å²) < 4.78 is 5.92. The summed E-state index contributed by atoms with van der Waals surface area (Å²) in [5.74, 6) is -0.283. The number of carbonyl (C=O) groups is 1. The Balaban J connectivity index is 1.64. The standard InChI is InChI=1S/C34H44O3/c1-3-5-7-9-11-13-25-37-31-22-19-28(20-23-31)30-21-24-32(34(35)36)33(26-30)29-17-15-27(16-18-29)14-12-10-8-6-4-2/h15-24,26H,3-14,25H2,1-2H3,(H,35,36)/p-1. The van der Waals surface area contributed by atoms with E-state index in [1.54, 1.807) is 6.07 Å². The lowest BCUT2D eigenvalue weighted by Crippen LogP contribution is -2.23. The van der Waals surface area contributed by atoms with Crippen molar-refractivity contribution in [2.24, 2.45) is 0 Å². The molecule has 0 saturated carbocycles. The number of hydrogen-bond acceptors (Lipinski definition) is 3. The van der Waals surface area contributed by atoms with Crippen LogP contribution in [0.5, 0.6) is 5.75 Å². The van der Waals surface area contributed by atoms with Gasteiger partial charge in [-0.05, 0) is 65.3 Å². The van der Waals surface area contributed by atoms with E-state index in [9.17, 15) is 9.90 Å². The fraction of sp³-hybridized carbons (Fsp3) is 0.441. The maximum Gasteiger partial charge on any atom is 0.119 e. The van der Waals surface area contributed by atoms with Crippen molar-refractivity contribution in [2.75, 3.05) is 6.61 Å². The molecule has 0 aliphatic carbocycles. The van der Waals surface area contributed by atoms with Gasteiger partial charge in [0.05, 0.1) is 12.6 Å². The van der Waals surface area contributed by atoms with Gasteiger partial charge < -0.3 is 14.6 Å². The number of carboxylic acids is 1. The molecular formula is C34H43O3-. The fourth-order valence-electron chi connectivity index (χ4n) is 4.74. The van der Waals surface area contributed by atoms with Gasteiger partial charge >= 0.3 is 0 Å². The molecule has 0 heterocycles. The van der Waals surface area contributed by atoms with Crippen LogP contribution in [-0.4, -0.2) is 12.6 Å². The Morgan fingerprint density at radius 1 is 0.649 bits per heavy atom. The summed E-state index contributed by atoms with van der Waals surface area (Å²) in [5.41, 5.74) is 5.10. The summed E-state index contributed by atoms with van der Waals surface area (Å²) >= 11 is 0. The number of aromatic carboxylic acids is 1. The second-order valence-corrected chi connectivity index (χ2v) is 10.0. The fourth-order valence-corrected chi connectivity index (χ4v) is 4.74. The second kappa shape index (κ2) is 15.9. The van der Waals surface area contributed by atoms with Crippen molar-refractivity contribution in [3.63, 3.8) is 0 Å². The zero-order valence-electron chi connectivity index (χ0n) is 22.8. The molecule has 0 saturated heterocycles. The number of unbranched alkanes of at least 4 members (excludes halogenated alkanes) is 9. The third kappa shape index (κ3) is 9.39. The average molecular weight is 500 g/mol. The Labute approximate surface area is 223 Å². The van der Waals surface area contributed by atoms with Crippen LogP contribution >= 0.6 is 0 Å². The zero-order valence-corrected chi connectivity index (χ0v) is 22.8. The third-order valence-electron chi connectivity index (χ3n) is 7.03. The molecule has 0 bridgehead atoms. The summed E-state index contributed by atoms with van der Waals surface area (Å²) in [4.78, 5) is 11.9. The molecule has 0 spiro atoms. The van der Waals surface area contributed by atoms with Crippen LogP contribution in [0.1, 0.15) is 100 Å². The van der Waals surface area contributed by atoms with Crippen molar-refractivity contribution < 1.29 is 14.6 Å². The van der Waals surface area contributed by atoms with Crippen LogP contribution in [0.25, 0.3) is 22.3 Å². The Kier molecular flexibility index (Phi) is 12.3. The van der Waals surface area contributed by atoms with Gasteiger partial charge in [0.15, 0.2) is 0 Å². The molecule has 3 rings (SSSR count). The average Bonchev–Trinajstić information content (AvgIpc) is 2.93. The highest BCUT2D eigenvalue weighted by molar-refractivity contribution is 5.96. The molecule has 3 aromatic rings. The van der Waals surface area contributed by atoms with E-state index in [2.05, 4.69) is 26.0 Å². The molecule has 3 nitrogen and oxygen atoms in total. The van der Waals surface area contributed by atoms with Crippen molar-refractivity contribution >= 4 is 5.97 Å². The van der Waals surface area contributed by atoms with Gasteiger partial charge in [0, 0.05) is 5.56 Å². The summed E-state index contributed by atoms with van der Waals surface area (Å²) in [6.45, 7) is 5.21. The van der Waals surface area contributed by atoms with Gasteiger partial charge in [0.2, 0.25) is 0 Å².